The number of unbranched alkanes of at least 4 members (excludes halogenated alkanes) is 1. The third-order valence-electron chi connectivity index (χ3n) is 4.33. The molecule has 0 radical (unpaired) electrons. The summed E-state index contributed by atoms with van der Waals surface area (Å²) in [4.78, 5) is 2.48. The van der Waals surface area contributed by atoms with Crippen molar-refractivity contribution in [1.29, 1.82) is 0 Å². The Morgan fingerprint density at radius 2 is 1.91 bits per heavy atom. The van der Waals surface area contributed by atoms with Crippen LogP contribution in [-0.2, 0) is 6.42 Å². The number of hydrogen-bond acceptors (Lipinski definition) is 2. The van der Waals surface area contributed by atoms with Gasteiger partial charge in [-0.15, -0.1) is 0 Å². The molecule has 1 N–H and O–H groups in total. The van der Waals surface area contributed by atoms with E-state index in [-0.39, 0.29) is 6.61 Å². The van der Waals surface area contributed by atoms with Gasteiger partial charge in [-0.05, 0) is 61.5 Å². The maximum Gasteiger partial charge on any atom is 0.0471 e. The first kappa shape index (κ1) is 18.9. The van der Waals surface area contributed by atoms with Crippen LogP contribution in [0.3, 0.4) is 0 Å². The Morgan fingerprint density at radius 1 is 1.18 bits per heavy atom. The molecule has 1 aromatic carbocycles. The fourth-order valence-electron chi connectivity index (χ4n) is 2.98. The number of hydrogen-bond donors (Lipinski definition) is 1. The van der Waals surface area contributed by atoms with Crippen LogP contribution in [0.4, 0.5) is 0 Å². The second-order valence-electron chi connectivity index (χ2n) is 5.88. The monoisotopic (exact) mass is 303 g/mol. The molecule has 2 nitrogen and oxygen atoms in total. The zero-order chi connectivity index (χ0) is 16.4. The van der Waals surface area contributed by atoms with E-state index in [9.17, 15) is 5.11 Å². The van der Waals surface area contributed by atoms with Gasteiger partial charge < -0.3 is 10.0 Å². The van der Waals surface area contributed by atoms with Crippen LogP contribution in [-0.4, -0.2) is 36.2 Å². The molecule has 0 amide bonds. The highest BCUT2D eigenvalue weighted by Crippen LogP contribution is 2.27. The molecule has 0 saturated heterocycles. The van der Waals surface area contributed by atoms with Crippen molar-refractivity contribution in [3.05, 3.63) is 41.0 Å². The van der Waals surface area contributed by atoms with Crippen molar-refractivity contribution < 1.29 is 5.11 Å². The van der Waals surface area contributed by atoms with E-state index in [0.29, 0.717) is 0 Å². The molecule has 0 unspecified atom stereocenters. The smallest absolute Gasteiger partial charge is 0.0471 e. The number of allylic oxidation sites excluding steroid dienone is 1. The van der Waals surface area contributed by atoms with Gasteiger partial charge in [0.05, 0.1) is 0 Å². The highest BCUT2D eigenvalue weighted by Gasteiger charge is 2.11. The molecule has 0 bridgehead atoms. The van der Waals surface area contributed by atoms with Crippen molar-refractivity contribution in [3.8, 4) is 0 Å². The van der Waals surface area contributed by atoms with E-state index in [2.05, 4.69) is 56.9 Å². The van der Waals surface area contributed by atoms with Crippen LogP contribution in [0.5, 0.6) is 0 Å². The molecular formula is C20H33NO. The molecule has 0 saturated carbocycles. The van der Waals surface area contributed by atoms with Crippen LogP contribution in [0.25, 0.3) is 5.57 Å². The number of nitrogens with zero attached hydrogens (tertiary/aromatic N) is 1. The van der Waals surface area contributed by atoms with Gasteiger partial charge in [-0.3, -0.25) is 0 Å². The minimum Gasteiger partial charge on any atom is -0.396 e. The summed E-state index contributed by atoms with van der Waals surface area (Å²) in [5.74, 6) is 0. The van der Waals surface area contributed by atoms with Crippen molar-refractivity contribution in [1.82, 2.24) is 4.90 Å². The Morgan fingerprint density at radius 3 is 2.50 bits per heavy atom. The molecule has 0 spiro atoms. The second kappa shape index (κ2) is 10.6. The number of aliphatic hydroxyl groups is 1. The van der Waals surface area contributed by atoms with Crippen LogP contribution in [0.15, 0.2) is 24.3 Å². The fourth-order valence-corrected chi connectivity index (χ4v) is 2.98. The van der Waals surface area contributed by atoms with Crippen LogP contribution in [0.2, 0.25) is 0 Å². The average molecular weight is 303 g/mol. The molecular weight excluding hydrogens is 270 g/mol. The highest BCUT2D eigenvalue weighted by atomic mass is 16.2. The number of rotatable bonds is 10. The van der Waals surface area contributed by atoms with Gasteiger partial charge in [0.2, 0.25) is 0 Å². The molecule has 22 heavy (non-hydrogen) atoms. The quantitative estimate of drug-likeness (QED) is 0.690. The van der Waals surface area contributed by atoms with Gasteiger partial charge in [0.1, 0.15) is 0 Å². The molecule has 0 heterocycles. The summed E-state index contributed by atoms with van der Waals surface area (Å²) in [6.07, 6.45) is 6.54. The molecule has 1 rings (SSSR count). The standard InChI is InChI=1S/C20H33NO/c1-5-8-11-18(13-15-21(6-2)7-3)20-17(4)10-9-12-19(20)14-16-22/h9-12,22H,5-8,13-16H2,1-4H3/b18-11-. The lowest BCUT2D eigenvalue weighted by atomic mass is 9.90. The molecule has 0 atom stereocenters. The van der Waals surface area contributed by atoms with E-state index in [1.807, 2.05) is 0 Å². The van der Waals surface area contributed by atoms with Gasteiger partial charge >= 0.3 is 0 Å². The van der Waals surface area contributed by atoms with Crippen LogP contribution in [0.1, 0.15) is 56.7 Å². The summed E-state index contributed by atoms with van der Waals surface area (Å²) in [6.45, 7) is 12.4. The Kier molecular flexibility index (Phi) is 9.10. The van der Waals surface area contributed by atoms with E-state index in [4.69, 9.17) is 0 Å². The summed E-state index contributed by atoms with van der Waals surface area (Å²) in [6, 6.07) is 6.45. The maximum absolute atomic E-state index is 9.36. The van der Waals surface area contributed by atoms with E-state index < -0.39 is 0 Å². The first-order chi connectivity index (χ1) is 10.7. The Balaban J connectivity index is 3.06. The molecule has 0 aliphatic heterocycles. The maximum atomic E-state index is 9.36. The normalized spacial score (nSPS) is 12.2. The van der Waals surface area contributed by atoms with Crippen LogP contribution in [0, 0.1) is 6.92 Å². The van der Waals surface area contributed by atoms with Gasteiger partial charge in [0.15, 0.2) is 0 Å². The van der Waals surface area contributed by atoms with Crippen molar-refractivity contribution in [2.45, 2.75) is 53.4 Å². The van der Waals surface area contributed by atoms with E-state index in [0.717, 1.165) is 38.9 Å². The fraction of sp³-hybridized carbons (Fsp3) is 0.600. The van der Waals surface area contributed by atoms with Gasteiger partial charge in [-0.1, -0.05) is 51.5 Å². The zero-order valence-electron chi connectivity index (χ0n) is 14.9. The van der Waals surface area contributed by atoms with Crippen molar-refractivity contribution in [2.24, 2.45) is 0 Å². The largest absolute Gasteiger partial charge is 0.396 e. The average Bonchev–Trinajstić information content (AvgIpc) is 2.52. The second-order valence-corrected chi connectivity index (χ2v) is 5.88. The Labute approximate surface area is 136 Å². The lowest BCUT2D eigenvalue weighted by Crippen LogP contribution is -2.24. The third-order valence-corrected chi connectivity index (χ3v) is 4.33. The van der Waals surface area contributed by atoms with E-state index in [1.54, 1.807) is 0 Å². The SMILES string of the molecule is CCC/C=C(/CCN(CC)CC)c1c(C)cccc1CCO. The lowest BCUT2D eigenvalue weighted by molar-refractivity contribution is 0.299. The summed E-state index contributed by atoms with van der Waals surface area (Å²) in [5.41, 5.74) is 5.43. The minimum absolute atomic E-state index is 0.216. The molecule has 1 aromatic rings. The molecule has 2 heteroatoms. The summed E-state index contributed by atoms with van der Waals surface area (Å²) in [7, 11) is 0. The van der Waals surface area contributed by atoms with Gasteiger partial charge in [0, 0.05) is 13.2 Å². The number of aryl methyl sites for hydroxylation is 1. The predicted molar refractivity (Wildman–Crippen MR) is 97.3 cm³/mol. The Bertz CT molecular complexity index is 461. The topological polar surface area (TPSA) is 23.5 Å². The number of benzene rings is 1. The molecule has 0 aliphatic rings. The molecule has 124 valence electrons. The van der Waals surface area contributed by atoms with Crippen LogP contribution < -0.4 is 0 Å². The van der Waals surface area contributed by atoms with Crippen LogP contribution >= 0.6 is 0 Å². The summed E-state index contributed by atoms with van der Waals surface area (Å²) < 4.78 is 0. The van der Waals surface area contributed by atoms with E-state index in [1.165, 1.54) is 28.7 Å². The molecule has 0 fully saturated rings. The van der Waals surface area contributed by atoms with Gasteiger partial charge in [-0.25, -0.2) is 0 Å². The zero-order valence-corrected chi connectivity index (χ0v) is 14.9. The number of aliphatic hydroxyl groups excluding tert-OH is 1. The lowest BCUT2D eigenvalue weighted by Gasteiger charge is -2.21. The van der Waals surface area contributed by atoms with Crippen molar-refractivity contribution in [3.63, 3.8) is 0 Å². The summed E-state index contributed by atoms with van der Waals surface area (Å²) >= 11 is 0. The summed E-state index contributed by atoms with van der Waals surface area (Å²) in [5, 5.41) is 9.36. The highest BCUT2D eigenvalue weighted by molar-refractivity contribution is 5.71. The van der Waals surface area contributed by atoms with Crippen molar-refractivity contribution >= 4 is 5.57 Å². The molecule has 0 aliphatic carbocycles. The minimum atomic E-state index is 0.216. The predicted octanol–water partition coefficient (Wildman–Crippen LogP) is 4.45. The molecule has 0 aromatic heterocycles. The first-order valence-corrected chi connectivity index (χ1v) is 8.78. The van der Waals surface area contributed by atoms with Gasteiger partial charge in [0.25, 0.3) is 0 Å². The van der Waals surface area contributed by atoms with Crippen molar-refractivity contribution in [2.75, 3.05) is 26.2 Å². The van der Waals surface area contributed by atoms with Gasteiger partial charge in [-0.2, -0.15) is 0 Å². The first-order valence-electron chi connectivity index (χ1n) is 8.78. The van der Waals surface area contributed by atoms with E-state index >= 15 is 0 Å². The Hall–Kier alpha value is -1.12. The third kappa shape index (κ3) is 5.58.